The molecule has 1 unspecified atom stereocenters. The van der Waals surface area contributed by atoms with Crippen LogP contribution in [0.5, 0.6) is 0 Å². The van der Waals surface area contributed by atoms with E-state index in [9.17, 15) is 0 Å². The van der Waals surface area contributed by atoms with Crippen molar-refractivity contribution in [1.82, 2.24) is 10.5 Å². The van der Waals surface area contributed by atoms with Crippen molar-refractivity contribution in [3.05, 3.63) is 41.7 Å². The van der Waals surface area contributed by atoms with E-state index in [1.807, 2.05) is 18.2 Å². The number of nitrogens with one attached hydrogen (secondary N) is 1. The normalized spacial score (nSPS) is 19.7. The number of benzene rings is 1. The summed E-state index contributed by atoms with van der Waals surface area (Å²) in [6, 6.07) is 10.5. The second-order valence-electron chi connectivity index (χ2n) is 4.54. The van der Waals surface area contributed by atoms with Crippen LogP contribution in [-0.2, 0) is 0 Å². The lowest BCUT2D eigenvalue weighted by Gasteiger charge is -2.06. The van der Waals surface area contributed by atoms with E-state index in [-0.39, 0.29) is 0 Å². The van der Waals surface area contributed by atoms with Gasteiger partial charge in [0.2, 0.25) is 0 Å². The van der Waals surface area contributed by atoms with Gasteiger partial charge in [-0.2, -0.15) is 0 Å². The summed E-state index contributed by atoms with van der Waals surface area (Å²) < 4.78 is 5.52. The summed E-state index contributed by atoms with van der Waals surface area (Å²) in [6.07, 6.45) is 2.36. The van der Waals surface area contributed by atoms with Crippen LogP contribution < -0.4 is 5.32 Å². The van der Waals surface area contributed by atoms with Crippen molar-refractivity contribution in [2.45, 2.75) is 25.8 Å². The summed E-state index contributed by atoms with van der Waals surface area (Å²) in [5, 5.41) is 7.66. The molecule has 0 radical (unpaired) electrons. The van der Waals surface area contributed by atoms with E-state index in [0.29, 0.717) is 6.04 Å². The first-order valence-corrected chi connectivity index (χ1v) is 6.11. The molecule has 3 heteroatoms. The van der Waals surface area contributed by atoms with E-state index in [0.717, 1.165) is 35.5 Å². The highest BCUT2D eigenvalue weighted by Gasteiger charge is 2.24. The first-order valence-electron chi connectivity index (χ1n) is 6.11. The molecule has 0 bridgehead atoms. The van der Waals surface area contributed by atoms with Gasteiger partial charge in [0.25, 0.3) is 0 Å². The molecule has 17 heavy (non-hydrogen) atoms. The zero-order valence-corrected chi connectivity index (χ0v) is 9.94. The van der Waals surface area contributed by atoms with Crippen LogP contribution in [0.1, 0.15) is 30.2 Å². The first-order chi connectivity index (χ1) is 8.36. The van der Waals surface area contributed by atoms with Gasteiger partial charge in [-0.1, -0.05) is 35.5 Å². The van der Waals surface area contributed by atoms with Crippen molar-refractivity contribution < 1.29 is 4.52 Å². The molecule has 1 fully saturated rings. The number of nitrogens with zero attached hydrogens (tertiary/aromatic N) is 1. The average Bonchev–Trinajstić information content (AvgIpc) is 2.99. The fraction of sp³-hybridized carbons (Fsp3) is 0.357. The number of aromatic nitrogens is 1. The molecular formula is C14H16N2O. The van der Waals surface area contributed by atoms with Crippen molar-refractivity contribution in [2.24, 2.45) is 0 Å². The summed E-state index contributed by atoms with van der Waals surface area (Å²) >= 11 is 0. The van der Waals surface area contributed by atoms with E-state index >= 15 is 0 Å². The Morgan fingerprint density at radius 1 is 1.29 bits per heavy atom. The standard InChI is InChI=1S/C14H16N2O/c1-10-13(11-6-3-2-4-7-11)16-17-14(10)12-8-5-9-15-12/h2-4,6-7,12,15H,5,8-9H2,1H3. The van der Waals surface area contributed by atoms with Gasteiger partial charge in [0, 0.05) is 11.1 Å². The van der Waals surface area contributed by atoms with Gasteiger partial charge in [0.15, 0.2) is 5.76 Å². The number of hydrogen-bond acceptors (Lipinski definition) is 3. The molecule has 1 N–H and O–H groups in total. The van der Waals surface area contributed by atoms with Gasteiger partial charge in [0.05, 0.1) is 6.04 Å². The summed E-state index contributed by atoms with van der Waals surface area (Å²) in [5.74, 6) is 1.00. The topological polar surface area (TPSA) is 38.1 Å². The minimum absolute atomic E-state index is 0.347. The van der Waals surface area contributed by atoms with Crippen molar-refractivity contribution in [1.29, 1.82) is 0 Å². The van der Waals surface area contributed by atoms with Gasteiger partial charge in [-0.15, -0.1) is 0 Å². The predicted octanol–water partition coefficient (Wildman–Crippen LogP) is 3.07. The van der Waals surface area contributed by atoms with E-state index in [2.05, 4.69) is 29.5 Å². The molecule has 88 valence electrons. The Labute approximate surface area is 101 Å². The molecule has 2 aromatic rings. The summed E-state index contributed by atoms with van der Waals surface area (Å²) in [4.78, 5) is 0. The highest BCUT2D eigenvalue weighted by molar-refractivity contribution is 5.63. The van der Waals surface area contributed by atoms with Crippen LogP contribution >= 0.6 is 0 Å². The molecule has 1 aromatic heterocycles. The molecule has 0 saturated carbocycles. The van der Waals surface area contributed by atoms with Gasteiger partial charge in [0.1, 0.15) is 5.69 Å². The van der Waals surface area contributed by atoms with Gasteiger partial charge in [-0.25, -0.2) is 0 Å². The van der Waals surface area contributed by atoms with Gasteiger partial charge in [-0.05, 0) is 26.3 Å². The molecule has 1 atom stereocenters. The molecule has 1 aliphatic heterocycles. The first kappa shape index (κ1) is 10.5. The Bertz CT molecular complexity index is 498. The molecule has 0 spiro atoms. The Balaban J connectivity index is 1.97. The molecule has 2 heterocycles. The maximum atomic E-state index is 5.52. The fourth-order valence-corrected chi connectivity index (χ4v) is 2.45. The summed E-state index contributed by atoms with van der Waals surface area (Å²) in [5.41, 5.74) is 3.25. The van der Waals surface area contributed by atoms with Crippen LogP contribution in [0.25, 0.3) is 11.3 Å². The quantitative estimate of drug-likeness (QED) is 0.858. The maximum absolute atomic E-state index is 5.52. The van der Waals surface area contributed by atoms with Crippen LogP contribution in [0.4, 0.5) is 0 Å². The molecular weight excluding hydrogens is 212 g/mol. The van der Waals surface area contributed by atoms with Crippen molar-refractivity contribution in [2.75, 3.05) is 6.54 Å². The van der Waals surface area contributed by atoms with E-state index < -0.39 is 0 Å². The maximum Gasteiger partial charge on any atom is 0.157 e. The highest BCUT2D eigenvalue weighted by atomic mass is 16.5. The van der Waals surface area contributed by atoms with E-state index in [1.54, 1.807) is 0 Å². The summed E-state index contributed by atoms with van der Waals surface area (Å²) in [7, 11) is 0. The zero-order chi connectivity index (χ0) is 11.7. The van der Waals surface area contributed by atoms with Gasteiger partial charge in [-0.3, -0.25) is 0 Å². The third-order valence-electron chi connectivity index (χ3n) is 3.38. The largest absolute Gasteiger partial charge is 0.359 e. The Kier molecular flexibility index (Phi) is 2.69. The van der Waals surface area contributed by atoms with E-state index in [1.165, 1.54) is 6.42 Å². The Hall–Kier alpha value is -1.61. The minimum atomic E-state index is 0.347. The SMILES string of the molecule is Cc1c(-c2ccccc2)noc1C1CCCN1. The van der Waals surface area contributed by atoms with Crippen LogP contribution in [0.3, 0.4) is 0 Å². The smallest absolute Gasteiger partial charge is 0.157 e. The lowest BCUT2D eigenvalue weighted by molar-refractivity contribution is 0.352. The molecule has 1 saturated heterocycles. The summed E-state index contributed by atoms with van der Waals surface area (Å²) in [6.45, 7) is 3.17. The highest BCUT2D eigenvalue weighted by Crippen LogP contribution is 2.31. The molecule has 0 amide bonds. The second kappa shape index (κ2) is 4.34. The fourth-order valence-electron chi connectivity index (χ4n) is 2.45. The third kappa shape index (κ3) is 1.87. The van der Waals surface area contributed by atoms with Crippen molar-refractivity contribution >= 4 is 0 Å². The van der Waals surface area contributed by atoms with Crippen LogP contribution in [0.15, 0.2) is 34.9 Å². The monoisotopic (exact) mass is 228 g/mol. The average molecular weight is 228 g/mol. The van der Waals surface area contributed by atoms with E-state index in [4.69, 9.17) is 4.52 Å². The number of hydrogen-bond donors (Lipinski definition) is 1. The van der Waals surface area contributed by atoms with Gasteiger partial charge < -0.3 is 9.84 Å². The minimum Gasteiger partial charge on any atom is -0.359 e. The van der Waals surface area contributed by atoms with Crippen LogP contribution in [0, 0.1) is 6.92 Å². The molecule has 1 aromatic carbocycles. The van der Waals surface area contributed by atoms with Crippen LogP contribution in [-0.4, -0.2) is 11.7 Å². The lowest BCUT2D eigenvalue weighted by atomic mass is 10.0. The lowest BCUT2D eigenvalue weighted by Crippen LogP contribution is -2.12. The van der Waals surface area contributed by atoms with Gasteiger partial charge >= 0.3 is 0 Å². The molecule has 0 aliphatic carbocycles. The Morgan fingerprint density at radius 3 is 2.82 bits per heavy atom. The number of rotatable bonds is 2. The van der Waals surface area contributed by atoms with Crippen molar-refractivity contribution in [3.63, 3.8) is 0 Å². The Morgan fingerprint density at radius 2 is 2.12 bits per heavy atom. The molecule has 1 aliphatic rings. The molecule has 3 rings (SSSR count). The van der Waals surface area contributed by atoms with Crippen molar-refractivity contribution in [3.8, 4) is 11.3 Å². The zero-order valence-electron chi connectivity index (χ0n) is 9.94. The van der Waals surface area contributed by atoms with Crippen LogP contribution in [0.2, 0.25) is 0 Å². The predicted molar refractivity (Wildman–Crippen MR) is 66.7 cm³/mol. The third-order valence-corrected chi connectivity index (χ3v) is 3.38. The molecule has 3 nitrogen and oxygen atoms in total. The second-order valence-corrected chi connectivity index (χ2v) is 4.54.